The molecule has 1 atom stereocenters. The first-order chi connectivity index (χ1) is 9.93. The van der Waals surface area contributed by atoms with Crippen LogP contribution in [-0.2, 0) is 0 Å². The van der Waals surface area contributed by atoms with Crippen molar-refractivity contribution in [1.29, 1.82) is 0 Å². The summed E-state index contributed by atoms with van der Waals surface area (Å²) in [6.07, 6.45) is 6.02. The van der Waals surface area contributed by atoms with Crippen LogP contribution >= 0.6 is 0 Å². The second-order valence-electron chi connectivity index (χ2n) is 5.55. The Balaban J connectivity index is 2.83. The molecule has 0 aliphatic carbocycles. The Bertz CT molecular complexity index is 485. The summed E-state index contributed by atoms with van der Waals surface area (Å²) in [7, 11) is 0.206. The highest BCUT2D eigenvalue weighted by atomic mass is 16.5. The van der Waals surface area contributed by atoms with E-state index in [0.717, 1.165) is 29.7 Å². The van der Waals surface area contributed by atoms with Gasteiger partial charge in [-0.2, -0.15) is 0 Å². The number of rotatable bonds is 7. The Morgan fingerprint density at radius 3 is 2.29 bits per heavy atom. The third-order valence-corrected chi connectivity index (χ3v) is 3.38. The summed E-state index contributed by atoms with van der Waals surface area (Å²) in [6, 6.07) is 7.39. The molecule has 0 spiro atoms. The molecule has 3 nitrogen and oxygen atoms in total. The Morgan fingerprint density at radius 1 is 1.19 bits per heavy atom. The predicted molar refractivity (Wildman–Crippen MR) is 88.3 cm³/mol. The first-order valence-electron chi connectivity index (χ1n) is 7.24. The summed E-state index contributed by atoms with van der Waals surface area (Å²) in [5, 5.41) is 19.2. The van der Waals surface area contributed by atoms with Crippen molar-refractivity contribution in [1.82, 2.24) is 0 Å². The fourth-order valence-electron chi connectivity index (χ4n) is 2.16. The van der Waals surface area contributed by atoms with Gasteiger partial charge in [-0.1, -0.05) is 35.4 Å². The molecule has 0 saturated heterocycles. The molecule has 0 aromatic heterocycles. The summed E-state index contributed by atoms with van der Waals surface area (Å²) in [5.74, 6) is 0.344. The zero-order valence-electron chi connectivity index (χ0n) is 13.3. The van der Waals surface area contributed by atoms with E-state index in [2.05, 4.69) is 19.9 Å². The van der Waals surface area contributed by atoms with Crippen LogP contribution in [0.15, 0.2) is 47.6 Å². The largest absolute Gasteiger partial charge is 0.497 e. The monoisotopic (exact) mass is 288 g/mol. The Kier molecular flexibility index (Phi) is 7.27. The van der Waals surface area contributed by atoms with Crippen LogP contribution in [0.4, 0.5) is 0 Å². The van der Waals surface area contributed by atoms with Gasteiger partial charge in [0, 0.05) is 5.82 Å². The molecule has 0 aliphatic heterocycles. The van der Waals surface area contributed by atoms with Crippen molar-refractivity contribution in [3.8, 4) is 5.75 Å². The molecule has 0 heterocycles. The second-order valence-corrected chi connectivity index (χ2v) is 5.55. The number of methoxy groups -OCH3 is 1. The third-order valence-electron chi connectivity index (χ3n) is 3.38. The summed E-state index contributed by atoms with van der Waals surface area (Å²) in [5.41, 5.74) is 3.32. The number of allylic oxidation sites excluding steroid dienone is 4. The molecule has 0 amide bonds. The van der Waals surface area contributed by atoms with Gasteiger partial charge >= 0.3 is 7.12 Å². The second kappa shape index (κ2) is 8.70. The molecule has 2 N–H and O–H groups in total. The maximum Gasteiger partial charge on any atom is 0.463 e. The van der Waals surface area contributed by atoms with E-state index in [4.69, 9.17) is 4.74 Å². The van der Waals surface area contributed by atoms with Crippen LogP contribution in [-0.4, -0.2) is 24.3 Å². The first-order valence-corrected chi connectivity index (χ1v) is 7.24. The van der Waals surface area contributed by atoms with Crippen LogP contribution < -0.4 is 4.74 Å². The molecule has 4 heteroatoms. The van der Waals surface area contributed by atoms with E-state index in [1.807, 2.05) is 37.3 Å². The zero-order valence-corrected chi connectivity index (χ0v) is 13.3. The predicted octanol–water partition coefficient (Wildman–Crippen LogP) is 3.48. The van der Waals surface area contributed by atoms with Crippen LogP contribution in [0.2, 0.25) is 0 Å². The minimum atomic E-state index is -1.41. The molecule has 0 radical (unpaired) electrons. The molecule has 1 unspecified atom stereocenters. The molecule has 0 bridgehead atoms. The highest BCUT2D eigenvalue weighted by molar-refractivity contribution is 6.44. The van der Waals surface area contributed by atoms with Crippen molar-refractivity contribution in [3.63, 3.8) is 0 Å². The first kappa shape index (κ1) is 17.5. The van der Waals surface area contributed by atoms with Crippen molar-refractivity contribution >= 4 is 7.12 Å². The number of benzene rings is 1. The van der Waals surface area contributed by atoms with Crippen molar-refractivity contribution in [2.45, 2.75) is 39.4 Å². The molecule has 0 fully saturated rings. The molecular weight excluding hydrogens is 263 g/mol. The highest BCUT2D eigenvalue weighted by Gasteiger charge is 2.23. The van der Waals surface area contributed by atoms with Gasteiger partial charge < -0.3 is 14.8 Å². The van der Waals surface area contributed by atoms with Crippen LogP contribution in [0.1, 0.15) is 45.0 Å². The van der Waals surface area contributed by atoms with E-state index in [1.165, 1.54) is 5.57 Å². The molecular formula is C17H25BO3. The third kappa shape index (κ3) is 6.19. The van der Waals surface area contributed by atoms with Gasteiger partial charge in [0.2, 0.25) is 0 Å². The van der Waals surface area contributed by atoms with Gasteiger partial charge in [0.15, 0.2) is 0 Å². The van der Waals surface area contributed by atoms with E-state index in [9.17, 15) is 10.0 Å². The lowest BCUT2D eigenvalue weighted by atomic mass is 9.68. The molecule has 1 rings (SSSR count). The maximum absolute atomic E-state index is 9.62. The van der Waals surface area contributed by atoms with E-state index < -0.39 is 12.9 Å². The van der Waals surface area contributed by atoms with Crippen molar-refractivity contribution < 1.29 is 14.8 Å². The van der Waals surface area contributed by atoms with E-state index in [0.29, 0.717) is 0 Å². The van der Waals surface area contributed by atoms with E-state index >= 15 is 0 Å². The lowest BCUT2D eigenvalue weighted by molar-refractivity contribution is 0.396. The number of hydrogen-bond donors (Lipinski definition) is 2. The van der Waals surface area contributed by atoms with Crippen LogP contribution in [0.25, 0.3) is 0 Å². The molecule has 0 saturated carbocycles. The highest BCUT2D eigenvalue weighted by Crippen LogP contribution is 2.24. The van der Waals surface area contributed by atoms with Gasteiger partial charge in [-0.25, -0.2) is 0 Å². The summed E-state index contributed by atoms with van der Waals surface area (Å²) in [6.45, 7) is 6.19. The standard InChI is InChI=1S/C17H25BO3/c1-13(2)6-5-7-14(3)12-17(18(19)20)15-8-10-16(21-4)11-9-15/h6,8-12,17,19-20H,5,7H2,1-4H3/b14-12+. The SMILES string of the molecule is COc1ccc(C(/C=C(\C)CCC=C(C)C)B(O)O)cc1. The van der Waals surface area contributed by atoms with Gasteiger partial charge in [0.1, 0.15) is 5.75 Å². The quantitative estimate of drug-likeness (QED) is 0.596. The number of ether oxygens (including phenoxy) is 1. The molecule has 114 valence electrons. The van der Waals surface area contributed by atoms with Gasteiger partial charge in [-0.3, -0.25) is 0 Å². The average Bonchev–Trinajstić information content (AvgIpc) is 2.44. The van der Waals surface area contributed by atoms with Gasteiger partial charge in [-0.15, -0.1) is 0 Å². The van der Waals surface area contributed by atoms with Crippen molar-refractivity contribution in [2.24, 2.45) is 0 Å². The lowest BCUT2D eigenvalue weighted by Gasteiger charge is -2.14. The van der Waals surface area contributed by atoms with Gasteiger partial charge in [0.05, 0.1) is 7.11 Å². The number of hydrogen-bond acceptors (Lipinski definition) is 3. The average molecular weight is 288 g/mol. The van der Waals surface area contributed by atoms with Crippen LogP contribution in [0.3, 0.4) is 0 Å². The minimum Gasteiger partial charge on any atom is -0.497 e. The maximum atomic E-state index is 9.62. The van der Waals surface area contributed by atoms with Gasteiger partial charge in [-0.05, 0) is 51.3 Å². The smallest absolute Gasteiger partial charge is 0.463 e. The fraction of sp³-hybridized carbons (Fsp3) is 0.412. The molecule has 1 aromatic rings. The lowest BCUT2D eigenvalue weighted by Crippen LogP contribution is -2.22. The Hall–Kier alpha value is -1.52. The van der Waals surface area contributed by atoms with Gasteiger partial charge in [0.25, 0.3) is 0 Å². The van der Waals surface area contributed by atoms with E-state index in [-0.39, 0.29) is 0 Å². The Morgan fingerprint density at radius 2 is 1.81 bits per heavy atom. The molecule has 1 aromatic carbocycles. The summed E-state index contributed by atoms with van der Waals surface area (Å²) < 4.78 is 5.12. The molecule has 21 heavy (non-hydrogen) atoms. The summed E-state index contributed by atoms with van der Waals surface area (Å²) in [4.78, 5) is 0. The van der Waals surface area contributed by atoms with Crippen LogP contribution in [0.5, 0.6) is 5.75 Å². The fourth-order valence-corrected chi connectivity index (χ4v) is 2.16. The normalized spacial score (nSPS) is 12.8. The van der Waals surface area contributed by atoms with E-state index in [1.54, 1.807) is 7.11 Å². The minimum absolute atomic E-state index is 0.414. The van der Waals surface area contributed by atoms with Crippen molar-refractivity contribution in [2.75, 3.05) is 7.11 Å². The van der Waals surface area contributed by atoms with Crippen molar-refractivity contribution in [3.05, 3.63) is 53.1 Å². The molecule has 0 aliphatic rings. The topological polar surface area (TPSA) is 49.7 Å². The summed E-state index contributed by atoms with van der Waals surface area (Å²) >= 11 is 0. The zero-order chi connectivity index (χ0) is 15.8. The van der Waals surface area contributed by atoms with Crippen LogP contribution in [0, 0.1) is 0 Å². The Labute approximate surface area is 128 Å².